The van der Waals surface area contributed by atoms with Gasteiger partial charge in [-0.15, -0.1) is 0 Å². The van der Waals surface area contributed by atoms with Crippen molar-refractivity contribution in [3.63, 3.8) is 0 Å². The summed E-state index contributed by atoms with van der Waals surface area (Å²) in [6.45, 7) is 0.921. The van der Waals surface area contributed by atoms with Crippen LogP contribution in [-0.2, 0) is 4.74 Å². The molecule has 4 rings (SSSR count). The molecule has 2 heterocycles. The summed E-state index contributed by atoms with van der Waals surface area (Å²) in [7, 11) is 1.34. The van der Waals surface area contributed by atoms with Crippen LogP contribution in [0.2, 0.25) is 0 Å². The fourth-order valence-electron chi connectivity index (χ4n) is 2.74. The van der Waals surface area contributed by atoms with E-state index in [1.165, 1.54) is 7.11 Å². The second kappa shape index (κ2) is 6.32. The first-order valence-electron chi connectivity index (χ1n) is 7.89. The molecule has 0 amide bonds. The van der Waals surface area contributed by atoms with Crippen LogP contribution in [-0.4, -0.2) is 31.3 Å². The van der Waals surface area contributed by atoms with Crippen LogP contribution in [0.15, 0.2) is 48.5 Å². The summed E-state index contributed by atoms with van der Waals surface area (Å²) in [5.74, 6) is 1.28. The number of nitrogens with one attached hydrogen (secondary N) is 1. The Kier molecular flexibility index (Phi) is 3.85. The highest BCUT2D eigenvalue weighted by molar-refractivity contribution is 5.97. The highest BCUT2D eigenvalue weighted by Gasteiger charge is 2.20. The molecule has 0 spiro atoms. The van der Waals surface area contributed by atoms with Gasteiger partial charge in [0.1, 0.15) is 19.0 Å². The summed E-state index contributed by atoms with van der Waals surface area (Å²) in [5, 5.41) is 4.23. The molecule has 6 heteroatoms. The summed E-state index contributed by atoms with van der Waals surface area (Å²) < 4.78 is 16.0. The number of methoxy groups -OCH3 is 1. The van der Waals surface area contributed by atoms with E-state index in [0.29, 0.717) is 41.8 Å². The number of nitrogens with zero attached hydrogens (tertiary/aromatic N) is 1. The molecule has 25 heavy (non-hydrogen) atoms. The zero-order valence-electron chi connectivity index (χ0n) is 13.6. The summed E-state index contributed by atoms with van der Waals surface area (Å²) >= 11 is 0. The molecule has 0 fully saturated rings. The van der Waals surface area contributed by atoms with Crippen LogP contribution in [0.4, 0.5) is 11.5 Å². The van der Waals surface area contributed by atoms with E-state index < -0.39 is 5.97 Å². The zero-order chi connectivity index (χ0) is 17.2. The van der Waals surface area contributed by atoms with Gasteiger partial charge in [-0.1, -0.05) is 18.2 Å². The Hall–Kier alpha value is -3.28. The van der Waals surface area contributed by atoms with Gasteiger partial charge >= 0.3 is 5.97 Å². The van der Waals surface area contributed by atoms with Crippen LogP contribution in [0, 0.1) is 0 Å². The number of ether oxygens (including phenoxy) is 3. The zero-order valence-corrected chi connectivity index (χ0v) is 13.6. The van der Waals surface area contributed by atoms with Crippen molar-refractivity contribution < 1.29 is 19.0 Å². The van der Waals surface area contributed by atoms with Gasteiger partial charge in [0.05, 0.1) is 23.9 Å². The van der Waals surface area contributed by atoms with E-state index in [1.807, 2.05) is 36.4 Å². The van der Waals surface area contributed by atoms with Gasteiger partial charge in [0.25, 0.3) is 0 Å². The predicted octanol–water partition coefficient (Wildman–Crippen LogP) is 3.54. The lowest BCUT2D eigenvalue weighted by molar-refractivity contribution is 0.0601. The number of carbonyl (C=O) groups excluding carboxylic acids is 1. The number of esters is 1. The highest BCUT2D eigenvalue weighted by atomic mass is 16.6. The Labute approximate surface area is 144 Å². The molecular formula is C19H16N2O4. The van der Waals surface area contributed by atoms with Crippen molar-refractivity contribution in [2.45, 2.75) is 0 Å². The molecule has 126 valence electrons. The van der Waals surface area contributed by atoms with Gasteiger partial charge in [-0.25, -0.2) is 9.78 Å². The average Bonchev–Trinajstić information content (AvgIpc) is 2.66. The third kappa shape index (κ3) is 2.94. The average molecular weight is 336 g/mol. The van der Waals surface area contributed by atoms with Gasteiger partial charge in [-0.2, -0.15) is 0 Å². The SMILES string of the molecule is COC(=O)c1cc2c(cc1Nc1ccc3ccccc3n1)OCCO2. The molecule has 0 bridgehead atoms. The summed E-state index contributed by atoms with van der Waals surface area (Å²) in [6, 6.07) is 15.0. The molecule has 0 saturated carbocycles. The van der Waals surface area contributed by atoms with Crippen molar-refractivity contribution in [2.75, 3.05) is 25.6 Å². The number of hydrogen-bond donors (Lipinski definition) is 1. The summed E-state index contributed by atoms with van der Waals surface area (Å²) in [5.41, 5.74) is 1.78. The maximum absolute atomic E-state index is 12.1. The first-order chi connectivity index (χ1) is 12.2. The fraction of sp³-hybridized carbons (Fsp3) is 0.158. The Morgan fingerprint density at radius 3 is 2.64 bits per heavy atom. The van der Waals surface area contributed by atoms with Crippen LogP contribution < -0.4 is 14.8 Å². The lowest BCUT2D eigenvalue weighted by Crippen LogP contribution is -2.17. The molecule has 1 N–H and O–H groups in total. The van der Waals surface area contributed by atoms with Gasteiger partial charge in [0.2, 0.25) is 0 Å². The van der Waals surface area contributed by atoms with E-state index in [9.17, 15) is 4.79 Å². The molecule has 0 radical (unpaired) electrons. The predicted molar refractivity (Wildman–Crippen MR) is 93.8 cm³/mol. The fourth-order valence-corrected chi connectivity index (χ4v) is 2.74. The van der Waals surface area contributed by atoms with Crippen LogP contribution in [0.5, 0.6) is 11.5 Å². The van der Waals surface area contributed by atoms with E-state index in [4.69, 9.17) is 14.2 Å². The third-order valence-electron chi connectivity index (χ3n) is 3.95. The largest absolute Gasteiger partial charge is 0.486 e. The lowest BCUT2D eigenvalue weighted by atomic mass is 10.1. The molecular weight excluding hydrogens is 320 g/mol. The van der Waals surface area contributed by atoms with Crippen molar-refractivity contribution >= 4 is 28.4 Å². The quantitative estimate of drug-likeness (QED) is 0.738. The van der Waals surface area contributed by atoms with E-state index >= 15 is 0 Å². The van der Waals surface area contributed by atoms with Gasteiger partial charge in [0, 0.05) is 17.5 Å². The van der Waals surface area contributed by atoms with Crippen LogP contribution in [0.3, 0.4) is 0 Å². The van der Waals surface area contributed by atoms with Crippen LogP contribution in [0.1, 0.15) is 10.4 Å². The van der Waals surface area contributed by atoms with E-state index in [-0.39, 0.29) is 0 Å². The van der Waals surface area contributed by atoms with Gasteiger partial charge in [0.15, 0.2) is 11.5 Å². The van der Waals surface area contributed by atoms with Crippen molar-refractivity contribution in [1.82, 2.24) is 4.98 Å². The molecule has 6 nitrogen and oxygen atoms in total. The maximum atomic E-state index is 12.1. The minimum absolute atomic E-state index is 0.363. The topological polar surface area (TPSA) is 69.7 Å². The van der Waals surface area contributed by atoms with Crippen molar-refractivity contribution in [3.8, 4) is 11.5 Å². The first kappa shape index (κ1) is 15.3. The Balaban J connectivity index is 1.75. The summed E-state index contributed by atoms with van der Waals surface area (Å²) in [6.07, 6.45) is 0. The van der Waals surface area contributed by atoms with Gasteiger partial charge in [-0.05, 0) is 18.2 Å². The number of anilines is 2. The van der Waals surface area contributed by atoms with Crippen molar-refractivity contribution in [1.29, 1.82) is 0 Å². The number of aromatic nitrogens is 1. The highest BCUT2D eigenvalue weighted by Crippen LogP contribution is 2.37. The number of hydrogen-bond acceptors (Lipinski definition) is 6. The normalized spacial score (nSPS) is 12.7. The van der Waals surface area contributed by atoms with Crippen molar-refractivity contribution in [2.24, 2.45) is 0 Å². The second-order valence-corrected chi connectivity index (χ2v) is 5.55. The van der Waals surface area contributed by atoms with E-state index in [0.717, 1.165) is 10.9 Å². The minimum atomic E-state index is -0.458. The lowest BCUT2D eigenvalue weighted by Gasteiger charge is -2.21. The first-order valence-corrected chi connectivity index (χ1v) is 7.89. The molecule has 0 unspecified atom stereocenters. The number of benzene rings is 2. The second-order valence-electron chi connectivity index (χ2n) is 5.55. The van der Waals surface area contributed by atoms with Gasteiger partial charge in [-0.3, -0.25) is 0 Å². The molecule has 1 aliphatic rings. The molecule has 3 aromatic rings. The monoisotopic (exact) mass is 336 g/mol. The molecule has 0 aliphatic carbocycles. The van der Waals surface area contributed by atoms with E-state index in [1.54, 1.807) is 12.1 Å². The Morgan fingerprint density at radius 1 is 1.08 bits per heavy atom. The van der Waals surface area contributed by atoms with E-state index in [2.05, 4.69) is 10.3 Å². The number of pyridine rings is 1. The standard InChI is InChI=1S/C19H16N2O4/c1-23-19(22)13-10-16-17(25-9-8-24-16)11-15(13)21-18-7-6-12-4-2-3-5-14(12)20-18/h2-7,10-11H,8-9H2,1H3,(H,20,21). The molecule has 1 aliphatic heterocycles. The minimum Gasteiger partial charge on any atom is -0.486 e. The van der Waals surface area contributed by atoms with Crippen molar-refractivity contribution in [3.05, 3.63) is 54.1 Å². The number of fused-ring (bicyclic) bond motifs is 2. The number of rotatable bonds is 3. The maximum Gasteiger partial charge on any atom is 0.340 e. The molecule has 0 atom stereocenters. The summed E-state index contributed by atoms with van der Waals surface area (Å²) in [4.78, 5) is 16.7. The van der Waals surface area contributed by atoms with Crippen LogP contribution in [0.25, 0.3) is 10.9 Å². The smallest absolute Gasteiger partial charge is 0.340 e. The molecule has 0 saturated heterocycles. The third-order valence-corrected chi connectivity index (χ3v) is 3.95. The Bertz CT molecular complexity index is 955. The number of carbonyl (C=O) groups is 1. The van der Waals surface area contributed by atoms with Gasteiger partial charge < -0.3 is 19.5 Å². The van der Waals surface area contributed by atoms with Crippen LogP contribution >= 0.6 is 0 Å². The molecule has 2 aromatic carbocycles. The molecule has 1 aromatic heterocycles. The number of para-hydroxylation sites is 1. The Morgan fingerprint density at radius 2 is 1.84 bits per heavy atom.